The summed E-state index contributed by atoms with van der Waals surface area (Å²) in [5.41, 5.74) is 2.08. The molecule has 100 valence electrons. The van der Waals surface area contributed by atoms with Crippen LogP contribution in [0, 0.1) is 18.3 Å². The number of pyridine rings is 1. The van der Waals surface area contributed by atoms with Crippen molar-refractivity contribution < 1.29 is 4.79 Å². The number of rotatable bonds is 3. The summed E-state index contributed by atoms with van der Waals surface area (Å²) in [6.07, 6.45) is 0. The molecular weight excluding hydrogens is 252 g/mol. The quantitative estimate of drug-likeness (QED) is 0.801. The number of aromatic nitrogens is 1. The first-order valence-corrected chi connectivity index (χ1v) is 6.23. The van der Waals surface area contributed by atoms with Gasteiger partial charge in [0.2, 0.25) is 0 Å². The summed E-state index contributed by atoms with van der Waals surface area (Å²) in [5, 5.41) is 8.89. The first kappa shape index (κ1) is 13.8. The maximum atomic E-state index is 12.3. The van der Waals surface area contributed by atoms with E-state index in [-0.39, 0.29) is 16.9 Å². The molecule has 0 bridgehead atoms. The normalized spacial score (nSPS) is 10.1. The molecule has 0 saturated carbocycles. The van der Waals surface area contributed by atoms with E-state index < -0.39 is 0 Å². The number of aryl methyl sites for hydroxylation is 1. The van der Waals surface area contributed by atoms with Gasteiger partial charge < -0.3 is 4.57 Å². The minimum absolute atomic E-state index is 0.187. The molecule has 0 amide bonds. The van der Waals surface area contributed by atoms with Crippen LogP contribution in [-0.2, 0) is 6.54 Å². The number of hydrogen-bond donors (Lipinski definition) is 0. The van der Waals surface area contributed by atoms with Crippen molar-refractivity contribution in [1.29, 1.82) is 5.26 Å². The molecule has 0 atom stereocenters. The number of nitrogens with zero attached hydrogens (tertiary/aromatic N) is 2. The standard InChI is InChI=1S/C16H14N2O2/c1-11-6-7-15(12(2)19)16(20)18(11)10-14-5-3-4-13(8-14)9-17/h3-8H,10H2,1-2H3. The summed E-state index contributed by atoms with van der Waals surface area (Å²) < 4.78 is 1.55. The third-order valence-corrected chi connectivity index (χ3v) is 3.17. The van der Waals surface area contributed by atoms with Gasteiger partial charge in [0.25, 0.3) is 5.56 Å². The highest BCUT2D eigenvalue weighted by Crippen LogP contribution is 2.08. The van der Waals surface area contributed by atoms with Gasteiger partial charge in [0.05, 0.1) is 23.7 Å². The summed E-state index contributed by atoms with van der Waals surface area (Å²) in [7, 11) is 0. The molecule has 2 rings (SSSR count). The number of nitriles is 1. The molecular formula is C16H14N2O2. The molecule has 0 spiro atoms. The van der Waals surface area contributed by atoms with E-state index in [0.717, 1.165) is 11.3 Å². The lowest BCUT2D eigenvalue weighted by Crippen LogP contribution is -2.27. The van der Waals surface area contributed by atoms with Crippen molar-refractivity contribution in [2.45, 2.75) is 20.4 Å². The zero-order valence-corrected chi connectivity index (χ0v) is 11.4. The van der Waals surface area contributed by atoms with Crippen LogP contribution in [0.2, 0.25) is 0 Å². The van der Waals surface area contributed by atoms with Crippen LogP contribution in [0.25, 0.3) is 0 Å². The van der Waals surface area contributed by atoms with Crippen molar-refractivity contribution >= 4 is 5.78 Å². The van der Waals surface area contributed by atoms with E-state index in [1.165, 1.54) is 6.92 Å². The van der Waals surface area contributed by atoms with Crippen molar-refractivity contribution in [2.75, 3.05) is 0 Å². The fourth-order valence-electron chi connectivity index (χ4n) is 2.06. The summed E-state index contributed by atoms with van der Waals surface area (Å²) in [6.45, 7) is 3.55. The summed E-state index contributed by atoms with van der Waals surface area (Å²) in [5.74, 6) is -0.241. The van der Waals surface area contributed by atoms with Gasteiger partial charge in [0.1, 0.15) is 0 Å². The molecule has 1 aromatic heterocycles. The molecule has 0 unspecified atom stereocenters. The van der Waals surface area contributed by atoms with Crippen LogP contribution in [0.1, 0.15) is 34.1 Å². The molecule has 0 aliphatic heterocycles. The molecule has 1 aromatic carbocycles. The van der Waals surface area contributed by atoms with E-state index in [2.05, 4.69) is 6.07 Å². The average molecular weight is 266 g/mol. The zero-order chi connectivity index (χ0) is 14.7. The fourth-order valence-corrected chi connectivity index (χ4v) is 2.06. The lowest BCUT2D eigenvalue weighted by Gasteiger charge is -2.11. The molecule has 20 heavy (non-hydrogen) atoms. The van der Waals surface area contributed by atoms with Gasteiger partial charge in [-0.3, -0.25) is 9.59 Å². The van der Waals surface area contributed by atoms with Crippen molar-refractivity contribution in [3.05, 3.63) is 69.1 Å². The van der Waals surface area contributed by atoms with E-state index in [1.54, 1.807) is 34.9 Å². The Hall–Kier alpha value is -2.67. The highest BCUT2D eigenvalue weighted by molar-refractivity contribution is 5.93. The minimum atomic E-state index is -0.292. The molecule has 0 N–H and O–H groups in total. The Morgan fingerprint density at radius 1 is 1.30 bits per heavy atom. The molecule has 1 heterocycles. The fraction of sp³-hybridized carbons (Fsp3) is 0.188. The van der Waals surface area contributed by atoms with Crippen molar-refractivity contribution in [3.8, 4) is 6.07 Å². The summed E-state index contributed by atoms with van der Waals surface area (Å²) >= 11 is 0. The first-order valence-electron chi connectivity index (χ1n) is 6.23. The number of carbonyl (C=O) groups is 1. The topological polar surface area (TPSA) is 62.9 Å². The third-order valence-electron chi connectivity index (χ3n) is 3.17. The van der Waals surface area contributed by atoms with Crippen molar-refractivity contribution in [1.82, 2.24) is 4.57 Å². The minimum Gasteiger partial charge on any atom is -0.308 e. The van der Waals surface area contributed by atoms with E-state index in [4.69, 9.17) is 5.26 Å². The van der Waals surface area contributed by atoms with Crippen LogP contribution >= 0.6 is 0 Å². The van der Waals surface area contributed by atoms with Crippen LogP contribution in [0.4, 0.5) is 0 Å². The SMILES string of the molecule is CC(=O)c1ccc(C)n(Cc2cccc(C#N)c2)c1=O. The van der Waals surface area contributed by atoms with Gasteiger partial charge in [0, 0.05) is 5.69 Å². The van der Waals surface area contributed by atoms with Gasteiger partial charge >= 0.3 is 0 Å². The molecule has 0 radical (unpaired) electrons. The van der Waals surface area contributed by atoms with E-state index in [1.807, 2.05) is 13.0 Å². The molecule has 0 fully saturated rings. The Morgan fingerprint density at radius 3 is 2.70 bits per heavy atom. The van der Waals surface area contributed by atoms with Gasteiger partial charge in [0.15, 0.2) is 5.78 Å². The van der Waals surface area contributed by atoms with Gasteiger partial charge in [-0.2, -0.15) is 5.26 Å². The van der Waals surface area contributed by atoms with E-state index >= 15 is 0 Å². The molecule has 4 nitrogen and oxygen atoms in total. The zero-order valence-electron chi connectivity index (χ0n) is 11.4. The summed E-state index contributed by atoms with van der Waals surface area (Å²) in [6, 6.07) is 12.5. The predicted molar refractivity (Wildman–Crippen MR) is 75.7 cm³/mol. The Bertz CT molecular complexity index is 767. The maximum Gasteiger partial charge on any atom is 0.261 e. The Labute approximate surface area is 116 Å². The molecule has 4 heteroatoms. The number of hydrogen-bond acceptors (Lipinski definition) is 3. The third kappa shape index (κ3) is 2.67. The molecule has 0 saturated heterocycles. The Balaban J connectivity index is 2.48. The smallest absolute Gasteiger partial charge is 0.261 e. The van der Waals surface area contributed by atoms with Crippen LogP contribution in [0.3, 0.4) is 0 Å². The van der Waals surface area contributed by atoms with E-state index in [9.17, 15) is 9.59 Å². The average Bonchev–Trinajstić information content (AvgIpc) is 2.43. The van der Waals surface area contributed by atoms with Gasteiger partial charge in [-0.15, -0.1) is 0 Å². The van der Waals surface area contributed by atoms with Crippen LogP contribution < -0.4 is 5.56 Å². The molecule has 0 aliphatic carbocycles. The van der Waals surface area contributed by atoms with Gasteiger partial charge in [-0.05, 0) is 43.7 Å². The highest BCUT2D eigenvalue weighted by Gasteiger charge is 2.10. The second kappa shape index (κ2) is 5.54. The summed E-state index contributed by atoms with van der Waals surface area (Å²) in [4.78, 5) is 23.7. The van der Waals surface area contributed by atoms with Gasteiger partial charge in [-0.1, -0.05) is 12.1 Å². The number of benzene rings is 1. The number of ketones is 1. The molecule has 0 aliphatic rings. The Morgan fingerprint density at radius 2 is 2.05 bits per heavy atom. The Kier molecular flexibility index (Phi) is 3.81. The monoisotopic (exact) mass is 266 g/mol. The second-order valence-electron chi connectivity index (χ2n) is 4.65. The van der Waals surface area contributed by atoms with Gasteiger partial charge in [-0.25, -0.2) is 0 Å². The number of carbonyl (C=O) groups excluding carboxylic acids is 1. The molecule has 2 aromatic rings. The van der Waals surface area contributed by atoms with Crippen LogP contribution in [-0.4, -0.2) is 10.4 Å². The second-order valence-corrected chi connectivity index (χ2v) is 4.65. The van der Waals surface area contributed by atoms with Crippen molar-refractivity contribution in [2.24, 2.45) is 0 Å². The van der Waals surface area contributed by atoms with Crippen LogP contribution in [0.15, 0.2) is 41.2 Å². The van der Waals surface area contributed by atoms with Crippen molar-refractivity contribution in [3.63, 3.8) is 0 Å². The first-order chi connectivity index (χ1) is 9.52. The highest BCUT2D eigenvalue weighted by atomic mass is 16.1. The lowest BCUT2D eigenvalue weighted by atomic mass is 10.1. The van der Waals surface area contributed by atoms with Crippen LogP contribution in [0.5, 0.6) is 0 Å². The largest absolute Gasteiger partial charge is 0.308 e. The maximum absolute atomic E-state index is 12.3. The van der Waals surface area contributed by atoms with E-state index in [0.29, 0.717) is 12.1 Å². The predicted octanol–water partition coefficient (Wildman–Crippen LogP) is 2.28. The lowest BCUT2D eigenvalue weighted by molar-refractivity contribution is 0.101. The number of Topliss-reactive ketones (excluding diaryl/α,β-unsaturated/α-hetero) is 1.